The van der Waals surface area contributed by atoms with Crippen LogP contribution in [-0.4, -0.2) is 23.8 Å². The highest BCUT2D eigenvalue weighted by molar-refractivity contribution is 6.30. The van der Waals surface area contributed by atoms with E-state index in [-0.39, 0.29) is 18.9 Å². The Balaban J connectivity index is 1.47. The molecule has 4 rings (SSSR count). The predicted octanol–water partition coefficient (Wildman–Crippen LogP) is 5.39. The Morgan fingerprint density at radius 3 is 2.07 bits per heavy atom. The maximum absolute atomic E-state index is 12.5. The molecule has 1 amide bonds. The first-order chi connectivity index (χ1) is 14.5. The van der Waals surface area contributed by atoms with Crippen molar-refractivity contribution < 1.29 is 19.4 Å². The van der Waals surface area contributed by atoms with Gasteiger partial charge >= 0.3 is 12.1 Å². The van der Waals surface area contributed by atoms with Gasteiger partial charge in [0.25, 0.3) is 0 Å². The van der Waals surface area contributed by atoms with Gasteiger partial charge in [0.2, 0.25) is 0 Å². The Morgan fingerprint density at radius 2 is 1.50 bits per heavy atom. The van der Waals surface area contributed by atoms with Crippen molar-refractivity contribution in [1.29, 1.82) is 0 Å². The average Bonchev–Trinajstić information content (AvgIpc) is 3.06. The summed E-state index contributed by atoms with van der Waals surface area (Å²) in [6.45, 7) is 0.167. The molecular formula is C24H20ClNO4. The third kappa shape index (κ3) is 4.16. The Labute approximate surface area is 179 Å². The van der Waals surface area contributed by atoms with Crippen molar-refractivity contribution in [3.05, 3.63) is 94.5 Å². The van der Waals surface area contributed by atoms with Crippen LogP contribution in [0.15, 0.2) is 72.8 Å². The van der Waals surface area contributed by atoms with Crippen molar-refractivity contribution in [2.45, 2.75) is 18.4 Å². The second-order valence-electron chi connectivity index (χ2n) is 7.17. The van der Waals surface area contributed by atoms with Gasteiger partial charge in [-0.1, -0.05) is 72.3 Å². The standard InChI is InChI=1S/C24H20ClNO4/c25-16-11-9-15(10-12-16)22(13-23(27)28)26-24(29)30-14-21-19-7-3-1-5-17(19)18-6-2-4-8-20(18)21/h1-12,21-22H,13-14H2,(H,26,29)(H,27,28)/t22-/m1/s1. The molecule has 0 spiro atoms. The number of rotatable bonds is 6. The molecule has 1 aliphatic rings. The summed E-state index contributed by atoms with van der Waals surface area (Å²) in [6, 6.07) is 22.1. The van der Waals surface area contributed by atoms with Crippen molar-refractivity contribution in [1.82, 2.24) is 5.32 Å². The largest absolute Gasteiger partial charge is 0.481 e. The average molecular weight is 422 g/mol. The number of hydrogen-bond donors (Lipinski definition) is 2. The summed E-state index contributed by atoms with van der Waals surface area (Å²) < 4.78 is 5.53. The summed E-state index contributed by atoms with van der Waals surface area (Å²) >= 11 is 5.90. The van der Waals surface area contributed by atoms with Crippen LogP contribution in [0.2, 0.25) is 5.02 Å². The lowest BCUT2D eigenvalue weighted by Crippen LogP contribution is -2.31. The fraction of sp³-hybridized carbons (Fsp3) is 0.167. The fourth-order valence-electron chi connectivity index (χ4n) is 3.90. The summed E-state index contributed by atoms with van der Waals surface area (Å²) in [5.74, 6) is -1.08. The van der Waals surface area contributed by atoms with Gasteiger partial charge in [-0.15, -0.1) is 0 Å². The number of carboxylic acids is 1. The van der Waals surface area contributed by atoms with Gasteiger partial charge in [-0.05, 0) is 39.9 Å². The lowest BCUT2D eigenvalue weighted by molar-refractivity contribution is -0.137. The summed E-state index contributed by atoms with van der Waals surface area (Å²) in [7, 11) is 0. The molecule has 0 fully saturated rings. The van der Waals surface area contributed by atoms with E-state index in [0.29, 0.717) is 10.6 Å². The van der Waals surface area contributed by atoms with Crippen LogP contribution >= 0.6 is 11.6 Å². The number of nitrogens with one attached hydrogen (secondary N) is 1. The van der Waals surface area contributed by atoms with E-state index in [2.05, 4.69) is 17.4 Å². The minimum Gasteiger partial charge on any atom is -0.481 e. The summed E-state index contributed by atoms with van der Waals surface area (Å²) in [5.41, 5.74) is 5.17. The Bertz CT molecular complexity index is 1040. The molecule has 30 heavy (non-hydrogen) atoms. The highest BCUT2D eigenvalue weighted by Crippen LogP contribution is 2.44. The molecule has 2 N–H and O–H groups in total. The van der Waals surface area contributed by atoms with E-state index >= 15 is 0 Å². The zero-order chi connectivity index (χ0) is 21.1. The van der Waals surface area contributed by atoms with E-state index in [9.17, 15) is 14.7 Å². The van der Waals surface area contributed by atoms with Crippen molar-refractivity contribution in [3.63, 3.8) is 0 Å². The number of halogens is 1. The number of benzene rings is 3. The van der Waals surface area contributed by atoms with Crippen molar-refractivity contribution in [3.8, 4) is 11.1 Å². The minimum absolute atomic E-state index is 0.0587. The molecule has 0 radical (unpaired) electrons. The predicted molar refractivity (Wildman–Crippen MR) is 115 cm³/mol. The van der Waals surface area contributed by atoms with E-state index < -0.39 is 18.1 Å². The number of carbonyl (C=O) groups excluding carboxylic acids is 1. The molecule has 0 saturated carbocycles. The van der Waals surface area contributed by atoms with Crippen molar-refractivity contribution >= 4 is 23.7 Å². The molecule has 1 atom stereocenters. The topological polar surface area (TPSA) is 75.6 Å². The van der Waals surface area contributed by atoms with Crippen LogP contribution in [0.4, 0.5) is 4.79 Å². The van der Waals surface area contributed by atoms with E-state index in [0.717, 1.165) is 22.3 Å². The van der Waals surface area contributed by atoms with Gasteiger partial charge in [0.15, 0.2) is 0 Å². The summed E-state index contributed by atoms with van der Waals surface area (Å²) in [6.07, 6.45) is -0.913. The van der Waals surface area contributed by atoms with Gasteiger partial charge < -0.3 is 15.2 Å². The molecule has 5 nitrogen and oxygen atoms in total. The zero-order valence-corrected chi connectivity index (χ0v) is 16.8. The lowest BCUT2D eigenvalue weighted by atomic mass is 9.98. The van der Waals surface area contributed by atoms with E-state index in [4.69, 9.17) is 16.3 Å². The lowest BCUT2D eigenvalue weighted by Gasteiger charge is -2.19. The number of fused-ring (bicyclic) bond motifs is 3. The van der Waals surface area contributed by atoms with Crippen LogP contribution < -0.4 is 5.32 Å². The molecule has 0 unspecified atom stereocenters. The van der Waals surface area contributed by atoms with Crippen LogP contribution in [0.3, 0.4) is 0 Å². The molecule has 3 aromatic rings. The van der Waals surface area contributed by atoms with Crippen LogP contribution in [0.25, 0.3) is 11.1 Å². The number of alkyl carbamates (subject to hydrolysis) is 1. The van der Waals surface area contributed by atoms with Gasteiger partial charge in [-0.25, -0.2) is 4.79 Å². The van der Waals surface area contributed by atoms with Gasteiger partial charge in [0, 0.05) is 10.9 Å². The first-order valence-electron chi connectivity index (χ1n) is 9.61. The molecule has 152 valence electrons. The number of amides is 1. The number of aliphatic carboxylic acids is 1. The van der Waals surface area contributed by atoms with Gasteiger partial charge in [0.05, 0.1) is 12.5 Å². The van der Waals surface area contributed by atoms with Crippen LogP contribution in [-0.2, 0) is 9.53 Å². The van der Waals surface area contributed by atoms with Crippen LogP contribution in [0, 0.1) is 0 Å². The smallest absolute Gasteiger partial charge is 0.407 e. The molecular weight excluding hydrogens is 402 g/mol. The molecule has 0 bridgehead atoms. The molecule has 0 saturated heterocycles. The molecule has 0 aromatic heterocycles. The maximum atomic E-state index is 12.5. The zero-order valence-electron chi connectivity index (χ0n) is 16.0. The van der Waals surface area contributed by atoms with Crippen molar-refractivity contribution in [2.24, 2.45) is 0 Å². The Morgan fingerprint density at radius 1 is 0.933 bits per heavy atom. The second-order valence-corrected chi connectivity index (χ2v) is 7.61. The van der Waals surface area contributed by atoms with Crippen LogP contribution in [0.1, 0.15) is 35.1 Å². The molecule has 1 aliphatic carbocycles. The number of ether oxygens (including phenoxy) is 1. The summed E-state index contributed by atoms with van der Waals surface area (Å²) in [5, 5.41) is 12.4. The van der Waals surface area contributed by atoms with E-state index in [1.54, 1.807) is 24.3 Å². The second kappa shape index (κ2) is 8.59. The van der Waals surface area contributed by atoms with Gasteiger partial charge in [-0.3, -0.25) is 4.79 Å². The first kappa shape index (κ1) is 20.0. The molecule has 3 aromatic carbocycles. The monoisotopic (exact) mass is 421 g/mol. The normalized spacial score (nSPS) is 13.2. The van der Waals surface area contributed by atoms with Gasteiger partial charge in [0.1, 0.15) is 6.61 Å². The van der Waals surface area contributed by atoms with E-state index in [1.165, 1.54) is 0 Å². The fourth-order valence-corrected chi connectivity index (χ4v) is 4.03. The third-order valence-corrected chi connectivity index (χ3v) is 5.54. The number of hydrogen-bond acceptors (Lipinski definition) is 3. The highest BCUT2D eigenvalue weighted by atomic mass is 35.5. The molecule has 6 heteroatoms. The highest BCUT2D eigenvalue weighted by Gasteiger charge is 2.29. The van der Waals surface area contributed by atoms with Crippen molar-refractivity contribution in [2.75, 3.05) is 6.61 Å². The van der Waals surface area contributed by atoms with Gasteiger partial charge in [-0.2, -0.15) is 0 Å². The quantitative estimate of drug-likeness (QED) is 0.559. The maximum Gasteiger partial charge on any atom is 0.407 e. The number of carbonyl (C=O) groups is 2. The Kier molecular flexibility index (Phi) is 5.72. The SMILES string of the molecule is O=C(O)C[C@@H](NC(=O)OCC1c2ccccc2-c2ccccc21)c1ccc(Cl)cc1. The summed E-state index contributed by atoms with van der Waals surface area (Å²) in [4.78, 5) is 23.8. The molecule has 0 heterocycles. The minimum atomic E-state index is -1.02. The van der Waals surface area contributed by atoms with E-state index in [1.807, 2.05) is 36.4 Å². The first-order valence-corrected chi connectivity index (χ1v) is 9.99. The number of carboxylic acid groups (broad SMARTS) is 1. The van der Waals surface area contributed by atoms with Crippen LogP contribution in [0.5, 0.6) is 0 Å². The Hall–Kier alpha value is -3.31. The third-order valence-electron chi connectivity index (χ3n) is 5.29. The molecule has 0 aliphatic heterocycles.